The second-order valence-electron chi connectivity index (χ2n) is 6.80. The van der Waals surface area contributed by atoms with Crippen molar-refractivity contribution in [3.8, 4) is 0 Å². The minimum absolute atomic E-state index is 0.0666. The molecule has 0 aromatic heterocycles. The van der Waals surface area contributed by atoms with E-state index in [9.17, 15) is 18.0 Å². The molecule has 0 N–H and O–H groups in total. The van der Waals surface area contributed by atoms with E-state index in [1.165, 1.54) is 21.3 Å². The summed E-state index contributed by atoms with van der Waals surface area (Å²) in [5.74, 6) is -0.688. The largest absolute Gasteiger partial charge is 0.455 e. The van der Waals surface area contributed by atoms with E-state index in [-0.39, 0.29) is 60.5 Å². The predicted molar refractivity (Wildman–Crippen MR) is 99.7 cm³/mol. The van der Waals surface area contributed by atoms with Gasteiger partial charge in [-0.2, -0.15) is 4.31 Å². The van der Waals surface area contributed by atoms with Gasteiger partial charge in [-0.3, -0.25) is 9.59 Å². The molecular weight excluding hydrogens is 392 g/mol. The minimum Gasteiger partial charge on any atom is -0.455 e. The second kappa shape index (κ2) is 8.58. The van der Waals surface area contributed by atoms with E-state index < -0.39 is 10.0 Å². The monoisotopic (exact) mass is 414 g/mol. The fourth-order valence-electron chi connectivity index (χ4n) is 3.47. The molecule has 27 heavy (non-hydrogen) atoms. The van der Waals surface area contributed by atoms with Crippen LogP contribution in [-0.2, 0) is 24.3 Å². The van der Waals surface area contributed by atoms with E-state index in [1.807, 2.05) is 0 Å². The summed E-state index contributed by atoms with van der Waals surface area (Å²) < 4.78 is 31.9. The zero-order chi connectivity index (χ0) is 19.4. The molecule has 148 valence electrons. The average molecular weight is 415 g/mol. The second-order valence-corrected chi connectivity index (χ2v) is 9.12. The Morgan fingerprint density at radius 3 is 2.33 bits per heavy atom. The van der Waals surface area contributed by atoms with Gasteiger partial charge in [0.25, 0.3) is 5.91 Å². The zero-order valence-corrected chi connectivity index (χ0v) is 16.5. The van der Waals surface area contributed by atoms with E-state index in [4.69, 9.17) is 16.3 Å². The molecule has 2 aliphatic rings. The Bertz CT molecular complexity index is 800. The molecule has 0 atom stereocenters. The van der Waals surface area contributed by atoms with Crippen molar-refractivity contribution in [2.75, 3.05) is 32.8 Å². The third-order valence-corrected chi connectivity index (χ3v) is 7.47. The number of halogens is 1. The summed E-state index contributed by atoms with van der Waals surface area (Å²) in [7, 11) is -3.70. The molecule has 0 radical (unpaired) electrons. The molecule has 1 saturated carbocycles. The standard InChI is InChI=1S/C18H23ClN2O5S/c19-15-7-3-4-8-16(15)27(24,25)21-11-9-20(10-12-21)17(22)13-26-18(23)14-5-1-2-6-14/h3-4,7-8,14H,1-2,5-6,9-13H2. The lowest BCUT2D eigenvalue weighted by atomic mass is 10.1. The summed E-state index contributed by atoms with van der Waals surface area (Å²) in [6, 6.07) is 6.30. The molecule has 2 fully saturated rings. The van der Waals surface area contributed by atoms with Crippen LogP contribution in [0, 0.1) is 5.92 Å². The molecule has 1 aromatic carbocycles. The summed E-state index contributed by atoms with van der Waals surface area (Å²) >= 11 is 6.01. The van der Waals surface area contributed by atoms with Crippen LogP contribution < -0.4 is 0 Å². The molecule has 7 nitrogen and oxygen atoms in total. The highest BCUT2D eigenvalue weighted by Gasteiger charge is 2.32. The molecule has 0 spiro atoms. The number of nitrogens with zero attached hydrogens (tertiary/aromatic N) is 2. The summed E-state index contributed by atoms with van der Waals surface area (Å²) in [5.41, 5.74) is 0. The zero-order valence-electron chi connectivity index (χ0n) is 15.0. The van der Waals surface area contributed by atoms with Crippen molar-refractivity contribution in [3.05, 3.63) is 29.3 Å². The van der Waals surface area contributed by atoms with Gasteiger partial charge in [0.05, 0.1) is 10.9 Å². The molecule has 1 heterocycles. The van der Waals surface area contributed by atoms with Gasteiger partial charge in [0.1, 0.15) is 4.90 Å². The van der Waals surface area contributed by atoms with Gasteiger partial charge in [-0.25, -0.2) is 8.42 Å². The van der Waals surface area contributed by atoms with E-state index in [1.54, 1.807) is 12.1 Å². The first-order valence-corrected chi connectivity index (χ1v) is 10.9. The van der Waals surface area contributed by atoms with Gasteiger partial charge in [0, 0.05) is 26.2 Å². The molecule has 0 unspecified atom stereocenters. The molecule has 1 aliphatic carbocycles. The maximum absolute atomic E-state index is 12.7. The summed E-state index contributed by atoms with van der Waals surface area (Å²) in [5, 5.41) is 0.176. The SMILES string of the molecule is O=C(OCC(=O)N1CCN(S(=O)(=O)c2ccccc2Cl)CC1)C1CCCC1. The minimum atomic E-state index is -3.70. The van der Waals surface area contributed by atoms with Crippen LogP contribution in [-0.4, -0.2) is 62.3 Å². The van der Waals surface area contributed by atoms with Crippen LogP contribution in [0.4, 0.5) is 0 Å². The van der Waals surface area contributed by atoms with Gasteiger partial charge in [0.15, 0.2) is 6.61 Å². The number of amides is 1. The number of hydrogen-bond acceptors (Lipinski definition) is 5. The fourth-order valence-corrected chi connectivity index (χ4v) is 5.39. The van der Waals surface area contributed by atoms with Crippen molar-refractivity contribution < 1.29 is 22.7 Å². The van der Waals surface area contributed by atoms with Gasteiger partial charge >= 0.3 is 5.97 Å². The molecule has 9 heteroatoms. The summed E-state index contributed by atoms with van der Waals surface area (Å²) in [4.78, 5) is 25.8. The Kier molecular flexibility index (Phi) is 6.39. The first kappa shape index (κ1) is 20.1. The van der Waals surface area contributed by atoms with E-state index in [0.29, 0.717) is 0 Å². The van der Waals surface area contributed by atoms with Gasteiger partial charge in [-0.05, 0) is 25.0 Å². The Morgan fingerprint density at radius 2 is 1.70 bits per heavy atom. The number of carbonyl (C=O) groups excluding carboxylic acids is 2. The van der Waals surface area contributed by atoms with Crippen LogP contribution in [0.1, 0.15) is 25.7 Å². The van der Waals surface area contributed by atoms with Crippen molar-refractivity contribution in [1.82, 2.24) is 9.21 Å². The molecule has 1 amide bonds. The Balaban J connectivity index is 1.51. The van der Waals surface area contributed by atoms with Gasteiger partial charge in [-0.15, -0.1) is 0 Å². The van der Waals surface area contributed by atoms with Crippen LogP contribution in [0.5, 0.6) is 0 Å². The topological polar surface area (TPSA) is 84.0 Å². The van der Waals surface area contributed by atoms with Crippen molar-refractivity contribution in [1.29, 1.82) is 0 Å². The van der Waals surface area contributed by atoms with Crippen molar-refractivity contribution >= 4 is 33.5 Å². The highest BCUT2D eigenvalue weighted by molar-refractivity contribution is 7.89. The third-order valence-electron chi connectivity index (χ3n) is 5.07. The van der Waals surface area contributed by atoms with Gasteiger partial charge < -0.3 is 9.64 Å². The summed E-state index contributed by atoms with van der Waals surface area (Å²) in [6.07, 6.45) is 3.70. The number of rotatable bonds is 5. The first-order valence-electron chi connectivity index (χ1n) is 9.08. The lowest BCUT2D eigenvalue weighted by Crippen LogP contribution is -2.51. The maximum atomic E-state index is 12.7. The van der Waals surface area contributed by atoms with Gasteiger partial charge in [0.2, 0.25) is 10.0 Å². The maximum Gasteiger partial charge on any atom is 0.309 e. The number of esters is 1. The van der Waals surface area contributed by atoms with Crippen molar-refractivity contribution in [3.63, 3.8) is 0 Å². The van der Waals surface area contributed by atoms with Gasteiger partial charge in [-0.1, -0.05) is 36.6 Å². The number of sulfonamides is 1. The third kappa shape index (κ3) is 4.62. The van der Waals surface area contributed by atoms with Crippen LogP contribution >= 0.6 is 11.6 Å². The van der Waals surface area contributed by atoms with Crippen molar-refractivity contribution in [2.45, 2.75) is 30.6 Å². The van der Waals surface area contributed by atoms with E-state index in [2.05, 4.69) is 0 Å². The normalized spacial score (nSPS) is 19.2. The quantitative estimate of drug-likeness (QED) is 0.687. The van der Waals surface area contributed by atoms with Crippen LogP contribution in [0.15, 0.2) is 29.2 Å². The first-order chi connectivity index (χ1) is 12.9. The number of carbonyl (C=O) groups is 2. The number of ether oxygens (including phenoxy) is 1. The average Bonchev–Trinajstić information content (AvgIpc) is 3.21. The molecule has 3 rings (SSSR count). The van der Waals surface area contributed by atoms with Crippen LogP contribution in [0.25, 0.3) is 0 Å². The number of piperazine rings is 1. The number of benzene rings is 1. The smallest absolute Gasteiger partial charge is 0.309 e. The highest BCUT2D eigenvalue weighted by Crippen LogP contribution is 2.26. The lowest BCUT2D eigenvalue weighted by molar-refractivity contribution is -0.155. The molecule has 1 saturated heterocycles. The van der Waals surface area contributed by atoms with Crippen molar-refractivity contribution in [2.24, 2.45) is 5.92 Å². The van der Waals surface area contributed by atoms with E-state index in [0.717, 1.165) is 25.7 Å². The highest BCUT2D eigenvalue weighted by atomic mass is 35.5. The molecular formula is C18H23ClN2O5S. The Hall–Kier alpha value is -1.64. The van der Waals surface area contributed by atoms with Crippen LogP contribution in [0.2, 0.25) is 5.02 Å². The van der Waals surface area contributed by atoms with Crippen LogP contribution in [0.3, 0.4) is 0 Å². The summed E-state index contributed by atoms with van der Waals surface area (Å²) in [6.45, 7) is 0.575. The number of hydrogen-bond donors (Lipinski definition) is 0. The molecule has 1 aromatic rings. The lowest BCUT2D eigenvalue weighted by Gasteiger charge is -2.34. The Labute approximate surface area is 164 Å². The van der Waals surface area contributed by atoms with E-state index >= 15 is 0 Å². The predicted octanol–water partition coefficient (Wildman–Crippen LogP) is 1.91. The Morgan fingerprint density at radius 1 is 1.07 bits per heavy atom. The molecule has 0 bridgehead atoms. The fraction of sp³-hybridized carbons (Fsp3) is 0.556. The molecule has 1 aliphatic heterocycles.